The van der Waals surface area contributed by atoms with E-state index in [1.807, 2.05) is 11.4 Å². The third-order valence-corrected chi connectivity index (χ3v) is 4.93. The van der Waals surface area contributed by atoms with Crippen molar-refractivity contribution in [2.75, 3.05) is 18.8 Å². The highest BCUT2D eigenvalue weighted by Crippen LogP contribution is 2.31. The average Bonchev–Trinajstić information content (AvgIpc) is 2.95. The Morgan fingerprint density at radius 2 is 2.53 bits per heavy atom. The fourth-order valence-electron chi connectivity index (χ4n) is 1.59. The average molecular weight is 270 g/mol. The van der Waals surface area contributed by atoms with E-state index in [1.165, 1.54) is 9.78 Å². The summed E-state index contributed by atoms with van der Waals surface area (Å²) in [5.74, 6) is 0.250. The van der Waals surface area contributed by atoms with Crippen LogP contribution in [-0.2, 0) is 4.79 Å². The number of amides is 3. The molecule has 0 bridgehead atoms. The maximum atomic E-state index is 11.8. The Bertz CT molecular complexity index is 406. The Hall–Kier alpha value is -1.01. The largest absolute Gasteiger partial charge is 0.336 e. The summed E-state index contributed by atoms with van der Waals surface area (Å²) in [6.07, 6.45) is 0. The molecule has 0 aromatic carbocycles. The van der Waals surface area contributed by atoms with E-state index in [0.717, 1.165) is 0 Å². The second-order valence-corrected chi connectivity index (χ2v) is 6.05. The quantitative estimate of drug-likeness (QED) is 0.911. The van der Waals surface area contributed by atoms with Gasteiger partial charge in [-0.15, -0.1) is 23.1 Å². The zero-order valence-electron chi connectivity index (χ0n) is 9.51. The minimum Gasteiger partial charge on any atom is -0.336 e. The number of hydrogen-bond donors (Lipinski definition) is 1. The smallest absolute Gasteiger partial charge is 0.324 e. The van der Waals surface area contributed by atoms with Crippen LogP contribution in [0.2, 0.25) is 0 Å². The molecule has 92 valence electrons. The maximum Gasteiger partial charge on any atom is 0.324 e. The molecule has 17 heavy (non-hydrogen) atoms. The maximum absolute atomic E-state index is 11.8. The Morgan fingerprint density at radius 3 is 3.12 bits per heavy atom. The molecule has 1 aromatic rings. The molecule has 3 amide bonds. The third-order valence-electron chi connectivity index (χ3n) is 2.56. The highest BCUT2D eigenvalue weighted by atomic mass is 32.2. The number of urea groups is 1. The molecule has 1 fully saturated rings. The Balaban J connectivity index is 1.82. The first-order valence-corrected chi connectivity index (χ1v) is 7.34. The van der Waals surface area contributed by atoms with Gasteiger partial charge in [-0.1, -0.05) is 6.07 Å². The number of imide groups is 1. The van der Waals surface area contributed by atoms with Crippen LogP contribution in [0.1, 0.15) is 17.1 Å². The Kier molecular flexibility index (Phi) is 4.06. The predicted molar refractivity (Wildman–Crippen MR) is 70.3 cm³/mol. The van der Waals surface area contributed by atoms with E-state index < -0.39 is 0 Å². The molecule has 0 aliphatic carbocycles. The number of nitrogens with zero attached hydrogens (tertiary/aromatic N) is 1. The zero-order valence-corrected chi connectivity index (χ0v) is 11.1. The Labute approximate surface area is 108 Å². The van der Waals surface area contributed by atoms with Gasteiger partial charge in [-0.2, -0.15) is 0 Å². The van der Waals surface area contributed by atoms with E-state index in [-0.39, 0.29) is 11.9 Å². The van der Waals surface area contributed by atoms with Crippen molar-refractivity contribution in [1.82, 2.24) is 10.2 Å². The first kappa shape index (κ1) is 12.4. The van der Waals surface area contributed by atoms with Crippen LogP contribution in [0.15, 0.2) is 17.5 Å². The number of hydrogen-bond acceptors (Lipinski definition) is 4. The summed E-state index contributed by atoms with van der Waals surface area (Å²) in [4.78, 5) is 25.6. The van der Waals surface area contributed by atoms with Crippen molar-refractivity contribution >= 4 is 35.0 Å². The first-order chi connectivity index (χ1) is 8.18. The monoisotopic (exact) mass is 270 g/mol. The van der Waals surface area contributed by atoms with Gasteiger partial charge in [-0.25, -0.2) is 4.79 Å². The fourth-order valence-corrected chi connectivity index (χ4v) is 3.41. The molecule has 2 heterocycles. The van der Waals surface area contributed by atoms with Crippen LogP contribution < -0.4 is 5.32 Å². The summed E-state index contributed by atoms with van der Waals surface area (Å²) < 4.78 is 0. The number of thiophene rings is 1. The van der Waals surface area contributed by atoms with E-state index >= 15 is 0 Å². The van der Waals surface area contributed by atoms with Gasteiger partial charge in [0, 0.05) is 23.2 Å². The first-order valence-electron chi connectivity index (χ1n) is 5.41. The molecule has 1 saturated heterocycles. The summed E-state index contributed by atoms with van der Waals surface area (Å²) in [7, 11) is 0. The Morgan fingerprint density at radius 1 is 1.71 bits per heavy atom. The van der Waals surface area contributed by atoms with E-state index in [2.05, 4.69) is 18.3 Å². The SMILES string of the molecule is C[C@H](SCC(=O)N1CCNC1=O)c1cccs1. The summed E-state index contributed by atoms with van der Waals surface area (Å²) in [6.45, 7) is 3.13. The molecule has 1 N–H and O–H groups in total. The number of carbonyl (C=O) groups is 2. The molecule has 1 aliphatic heterocycles. The number of rotatable bonds is 4. The van der Waals surface area contributed by atoms with Crippen molar-refractivity contribution in [3.05, 3.63) is 22.4 Å². The standard InChI is InChI=1S/C11H14N2O2S2/c1-8(9-3-2-6-16-9)17-7-10(14)13-5-4-12-11(13)15/h2-3,6,8H,4-5,7H2,1H3,(H,12,15)/t8-/m0/s1. The molecule has 1 aromatic heterocycles. The molecule has 6 heteroatoms. The second kappa shape index (κ2) is 5.55. The zero-order chi connectivity index (χ0) is 12.3. The lowest BCUT2D eigenvalue weighted by molar-refractivity contribution is -0.124. The van der Waals surface area contributed by atoms with Gasteiger partial charge in [0.25, 0.3) is 0 Å². The lowest BCUT2D eigenvalue weighted by Gasteiger charge is -2.13. The highest BCUT2D eigenvalue weighted by molar-refractivity contribution is 8.00. The highest BCUT2D eigenvalue weighted by Gasteiger charge is 2.26. The summed E-state index contributed by atoms with van der Waals surface area (Å²) in [5.41, 5.74) is 0. The molecule has 0 unspecified atom stereocenters. The molecule has 0 spiro atoms. The lowest BCUT2D eigenvalue weighted by Crippen LogP contribution is -2.35. The van der Waals surface area contributed by atoms with Gasteiger partial charge in [-0.05, 0) is 18.4 Å². The van der Waals surface area contributed by atoms with Gasteiger partial charge in [0.2, 0.25) is 5.91 Å². The predicted octanol–water partition coefficient (Wildman–Crippen LogP) is 2.09. The molecule has 4 nitrogen and oxygen atoms in total. The van der Waals surface area contributed by atoms with E-state index in [0.29, 0.717) is 24.1 Å². The normalized spacial score (nSPS) is 17.0. The third kappa shape index (κ3) is 3.01. The van der Waals surface area contributed by atoms with E-state index in [9.17, 15) is 9.59 Å². The van der Waals surface area contributed by atoms with Crippen LogP contribution in [0, 0.1) is 0 Å². The number of carbonyl (C=O) groups excluding carboxylic acids is 2. The van der Waals surface area contributed by atoms with Crippen LogP contribution in [0.25, 0.3) is 0 Å². The van der Waals surface area contributed by atoms with Gasteiger partial charge >= 0.3 is 6.03 Å². The topological polar surface area (TPSA) is 49.4 Å². The molecule has 0 radical (unpaired) electrons. The van der Waals surface area contributed by atoms with Crippen molar-refractivity contribution in [2.24, 2.45) is 0 Å². The lowest BCUT2D eigenvalue weighted by atomic mass is 10.4. The van der Waals surface area contributed by atoms with Crippen molar-refractivity contribution in [3.8, 4) is 0 Å². The molecular weight excluding hydrogens is 256 g/mol. The van der Waals surface area contributed by atoms with Gasteiger partial charge in [0.1, 0.15) is 0 Å². The van der Waals surface area contributed by atoms with Gasteiger partial charge in [-0.3, -0.25) is 9.69 Å². The van der Waals surface area contributed by atoms with Gasteiger partial charge < -0.3 is 5.32 Å². The van der Waals surface area contributed by atoms with Crippen LogP contribution >= 0.6 is 23.1 Å². The molecule has 2 rings (SSSR count). The van der Waals surface area contributed by atoms with Gasteiger partial charge in [0.15, 0.2) is 0 Å². The van der Waals surface area contributed by atoms with Crippen LogP contribution in [0.4, 0.5) is 4.79 Å². The summed E-state index contributed by atoms with van der Waals surface area (Å²) in [5, 5.41) is 4.95. The molecular formula is C11H14N2O2S2. The van der Waals surface area contributed by atoms with Crippen LogP contribution in [-0.4, -0.2) is 35.7 Å². The minimum atomic E-state index is -0.264. The second-order valence-electron chi connectivity index (χ2n) is 3.75. The van der Waals surface area contributed by atoms with Crippen molar-refractivity contribution in [2.45, 2.75) is 12.2 Å². The van der Waals surface area contributed by atoms with Crippen LogP contribution in [0.5, 0.6) is 0 Å². The summed E-state index contributed by atoms with van der Waals surface area (Å²) in [6, 6.07) is 3.81. The van der Waals surface area contributed by atoms with Gasteiger partial charge in [0.05, 0.1) is 5.75 Å². The minimum absolute atomic E-state index is 0.103. The van der Waals surface area contributed by atoms with E-state index in [1.54, 1.807) is 23.1 Å². The van der Waals surface area contributed by atoms with E-state index in [4.69, 9.17) is 0 Å². The van der Waals surface area contributed by atoms with Crippen molar-refractivity contribution < 1.29 is 9.59 Å². The summed E-state index contributed by atoms with van der Waals surface area (Å²) >= 11 is 3.26. The van der Waals surface area contributed by atoms with Crippen molar-refractivity contribution in [3.63, 3.8) is 0 Å². The number of thioether (sulfide) groups is 1. The molecule has 1 atom stereocenters. The number of nitrogens with one attached hydrogen (secondary N) is 1. The van der Waals surface area contributed by atoms with Crippen molar-refractivity contribution in [1.29, 1.82) is 0 Å². The molecule has 0 saturated carbocycles. The fraction of sp³-hybridized carbons (Fsp3) is 0.455. The van der Waals surface area contributed by atoms with Crippen LogP contribution in [0.3, 0.4) is 0 Å². The molecule has 1 aliphatic rings.